The quantitative estimate of drug-likeness (QED) is 0.542. The Morgan fingerprint density at radius 3 is 2.75 bits per heavy atom. The molecule has 1 amide bonds. The van der Waals surface area contributed by atoms with Crippen molar-refractivity contribution in [2.45, 2.75) is 19.4 Å². The van der Waals surface area contributed by atoms with Crippen molar-refractivity contribution in [2.24, 2.45) is 0 Å². The Labute approximate surface area is 189 Å². The minimum Gasteiger partial charge on any atom is -0.493 e. The van der Waals surface area contributed by atoms with Gasteiger partial charge in [-0.3, -0.25) is 0 Å². The van der Waals surface area contributed by atoms with Gasteiger partial charge in [-0.1, -0.05) is 11.6 Å². The van der Waals surface area contributed by atoms with Gasteiger partial charge in [-0.05, 0) is 38.1 Å². The number of nitrogens with one attached hydrogen (secondary N) is 1. The van der Waals surface area contributed by atoms with E-state index >= 15 is 0 Å². The molecule has 1 aliphatic rings. The molecule has 168 valence electrons. The molecule has 8 nitrogen and oxygen atoms in total. The number of ether oxygens (including phenoxy) is 3. The Morgan fingerprint density at radius 2 is 2.06 bits per heavy atom. The van der Waals surface area contributed by atoms with E-state index in [1.54, 1.807) is 23.1 Å². The van der Waals surface area contributed by atoms with Crippen molar-refractivity contribution in [3.05, 3.63) is 47.5 Å². The van der Waals surface area contributed by atoms with Gasteiger partial charge < -0.3 is 24.4 Å². The van der Waals surface area contributed by atoms with Crippen molar-refractivity contribution in [1.29, 1.82) is 0 Å². The maximum absolute atomic E-state index is 13.5. The molecule has 32 heavy (non-hydrogen) atoms. The van der Waals surface area contributed by atoms with Crippen LogP contribution in [0.4, 0.5) is 20.7 Å². The molecular formula is C22H22ClFN4O4. The zero-order valence-electron chi connectivity index (χ0n) is 17.8. The van der Waals surface area contributed by atoms with Crippen molar-refractivity contribution >= 4 is 40.1 Å². The number of hydrogen-bond acceptors (Lipinski definition) is 7. The van der Waals surface area contributed by atoms with Crippen LogP contribution in [-0.2, 0) is 4.74 Å². The van der Waals surface area contributed by atoms with E-state index in [0.717, 1.165) is 0 Å². The smallest absolute Gasteiger partial charge is 0.410 e. The van der Waals surface area contributed by atoms with Gasteiger partial charge in [-0.2, -0.15) is 0 Å². The lowest BCUT2D eigenvalue weighted by Gasteiger charge is -2.17. The molecule has 2 aromatic carbocycles. The van der Waals surface area contributed by atoms with Crippen molar-refractivity contribution in [3.63, 3.8) is 0 Å². The summed E-state index contributed by atoms with van der Waals surface area (Å²) < 4.78 is 30.2. The molecule has 10 heteroatoms. The minimum atomic E-state index is -0.515. The molecule has 0 aliphatic carbocycles. The Hall–Kier alpha value is -3.33. The van der Waals surface area contributed by atoms with E-state index in [-0.39, 0.29) is 17.7 Å². The standard InChI is InChI=1S/C22H22ClFN4O4/c1-22(2)11-28(21(29)32-22)6-7-31-19-9-14-17(10-18(19)30-3)25-12-26-20(14)27-13-4-5-16(24)15(23)8-13/h4-5,8-10,12H,6-7,11H2,1-3H3,(H,25,26,27). The summed E-state index contributed by atoms with van der Waals surface area (Å²) in [6, 6.07) is 7.81. The van der Waals surface area contributed by atoms with Crippen molar-refractivity contribution in [2.75, 3.05) is 32.1 Å². The van der Waals surface area contributed by atoms with Gasteiger partial charge in [0.15, 0.2) is 11.5 Å². The molecule has 0 radical (unpaired) electrons. The van der Waals surface area contributed by atoms with Crippen LogP contribution in [0.3, 0.4) is 0 Å². The normalized spacial score (nSPS) is 15.0. The fraction of sp³-hybridized carbons (Fsp3) is 0.318. The molecule has 0 atom stereocenters. The van der Waals surface area contributed by atoms with Crippen LogP contribution in [0.5, 0.6) is 11.5 Å². The second-order valence-electron chi connectivity index (χ2n) is 7.89. The second kappa shape index (κ2) is 8.66. The SMILES string of the molecule is COc1cc2ncnc(Nc3ccc(F)c(Cl)c3)c2cc1OCCN1CC(C)(C)OC1=O. The molecular weight excluding hydrogens is 439 g/mol. The van der Waals surface area contributed by atoms with E-state index in [1.807, 2.05) is 13.8 Å². The third-order valence-corrected chi connectivity index (χ3v) is 5.20. The highest BCUT2D eigenvalue weighted by Crippen LogP contribution is 2.35. The minimum absolute atomic E-state index is 0.00247. The maximum Gasteiger partial charge on any atom is 0.410 e. The first kappa shape index (κ1) is 21.9. The number of cyclic esters (lactones) is 1. The number of hydrogen-bond donors (Lipinski definition) is 1. The zero-order chi connectivity index (χ0) is 22.9. The fourth-order valence-electron chi connectivity index (χ4n) is 3.44. The topological polar surface area (TPSA) is 85.8 Å². The highest BCUT2D eigenvalue weighted by Gasteiger charge is 2.37. The van der Waals surface area contributed by atoms with Gasteiger partial charge in [-0.25, -0.2) is 19.2 Å². The summed E-state index contributed by atoms with van der Waals surface area (Å²) in [6.45, 7) is 4.83. The van der Waals surface area contributed by atoms with Gasteiger partial charge in [0.25, 0.3) is 0 Å². The second-order valence-corrected chi connectivity index (χ2v) is 8.30. The molecule has 4 rings (SSSR count). The third-order valence-electron chi connectivity index (χ3n) is 4.92. The van der Waals surface area contributed by atoms with Gasteiger partial charge in [0.1, 0.15) is 30.2 Å². The summed E-state index contributed by atoms with van der Waals surface area (Å²) in [4.78, 5) is 22.1. The first-order chi connectivity index (χ1) is 15.3. The number of amides is 1. The lowest BCUT2D eigenvalue weighted by Crippen LogP contribution is -2.31. The van der Waals surface area contributed by atoms with Crippen LogP contribution in [0.15, 0.2) is 36.7 Å². The molecule has 1 N–H and O–H groups in total. The molecule has 0 bridgehead atoms. The highest BCUT2D eigenvalue weighted by molar-refractivity contribution is 6.31. The van der Waals surface area contributed by atoms with E-state index in [2.05, 4.69) is 15.3 Å². The van der Waals surface area contributed by atoms with Crippen molar-refractivity contribution < 1.29 is 23.4 Å². The van der Waals surface area contributed by atoms with Crippen LogP contribution in [0.25, 0.3) is 10.9 Å². The van der Waals surface area contributed by atoms with Crippen molar-refractivity contribution in [3.8, 4) is 11.5 Å². The number of halogens is 2. The number of rotatable bonds is 7. The lowest BCUT2D eigenvalue weighted by atomic mass is 10.1. The fourth-order valence-corrected chi connectivity index (χ4v) is 3.62. The number of carbonyl (C=O) groups is 1. The van der Waals surface area contributed by atoms with Crippen LogP contribution in [0.1, 0.15) is 13.8 Å². The van der Waals surface area contributed by atoms with E-state index in [4.69, 9.17) is 25.8 Å². The van der Waals surface area contributed by atoms with E-state index < -0.39 is 11.4 Å². The summed E-state index contributed by atoms with van der Waals surface area (Å²) >= 11 is 5.88. The zero-order valence-corrected chi connectivity index (χ0v) is 18.6. The van der Waals surface area contributed by atoms with E-state index in [0.29, 0.717) is 47.0 Å². The molecule has 1 aliphatic heterocycles. The summed E-state index contributed by atoms with van der Waals surface area (Å²) in [5.41, 5.74) is 0.688. The Kier molecular flexibility index (Phi) is 5.92. The Balaban J connectivity index is 1.56. The molecule has 1 fully saturated rings. The number of carbonyl (C=O) groups excluding carboxylic acids is 1. The van der Waals surface area contributed by atoms with Gasteiger partial charge in [0, 0.05) is 17.1 Å². The predicted molar refractivity (Wildman–Crippen MR) is 118 cm³/mol. The number of aromatic nitrogens is 2. The molecule has 2 heterocycles. The highest BCUT2D eigenvalue weighted by atomic mass is 35.5. The van der Waals surface area contributed by atoms with E-state index in [1.165, 1.54) is 25.6 Å². The molecule has 3 aromatic rings. The first-order valence-corrected chi connectivity index (χ1v) is 10.3. The van der Waals surface area contributed by atoms with Crippen LogP contribution < -0.4 is 14.8 Å². The summed E-state index contributed by atoms with van der Waals surface area (Å²) in [5, 5.41) is 3.80. The van der Waals surface area contributed by atoms with Gasteiger partial charge in [0.05, 0.1) is 30.7 Å². The van der Waals surface area contributed by atoms with Crippen molar-refractivity contribution in [1.82, 2.24) is 14.9 Å². The van der Waals surface area contributed by atoms with Gasteiger partial charge in [0.2, 0.25) is 0 Å². The molecule has 1 saturated heterocycles. The van der Waals surface area contributed by atoms with Crippen LogP contribution in [-0.4, -0.2) is 53.4 Å². The van der Waals surface area contributed by atoms with Crippen LogP contribution in [0, 0.1) is 5.82 Å². The molecule has 0 unspecified atom stereocenters. The summed E-state index contributed by atoms with van der Waals surface area (Å²) in [7, 11) is 1.54. The molecule has 1 aromatic heterocycles. The van der Waals surface area contributed by atoms with E-state index in [9.17, 15) is 9.18 Å². The number of anilines is 2. The Bertz CT molecular complexity index is 1170. The maximum atomic E-state index is 13.5. The summed E-state index contributed by atoms with van der Waals surface area (Å²) in [6.07, 6.45) is 1.05. The summed E-state index contributed by atoms with van der Waals surface area (Å²) in [5.74, 6) is 0.962. The molecule has 0 saturated carbocycles. The predicted octanol–water partition coefficient (Wildman–Crippen LogP) is 4.78. The van der Waals surface area contributed by atoms with Gasteiger partial charge in [-0.15, -0.1) is 0 Å². The van der Waals surface area contributed by atoms with Crippen LogP contribution in [0.2, 0.25) is 5.02 Å². The monoisotopic (exact) mass is 460 g/mol. The third kappa shape index (κ3) is 4.62. The number of fused-ring (bicyclic) bond motifs is 1. The number of methoxy groups -OCH3 is 1. The average molecular weight is 461 g/mol. The first-order valence-electron chi connectivity index (χ1n) is 9.91. The molecule has 0 spiro atoms. The van der Waals surface area contributed by atoms with Gasteiger partial charge >= 0.3 is 6.09 Å². The van der Waals surface area contributed by atoms with Crippen LogP contribution >= 0.6 is 11.6 Å². The lowest BCUT2D eigenvalue weighted by molar-refractivity contribution is 0.0857. The average Bonchev–Trinajstić information content (AvgIpc) is 3.02. The number of nitrogens with zero attached hydrogens (tertiary/aromatic N) is 3. The number of benzene rings is 2. The Morgan fingerprint density at radius 1 is 1.25 bits per heavy atom. The largest absolute Gasteiger partial charge is 0.493 e.